The van der Waals surface area contributed by atoms with Gasteiger partial charge < -0.3 is 15.3 Å². The smallest absolute Gasteiger partial charge is 0.326 e. The summed E-state index contributed by atoms with van der Waals surface area (Å²) in [6, 6.07) is -1.03. The number of amides is 2. The van der Waals surface area contributed by atoms with E-state index in [-0.39, 0.29) is 6.03 Å². The fraction of sp³-hybridized carbons (Fsp3) is 0.833. The minimum atomic E-state index is -0.972. The Morgan fingerprint density at radius 3 is 2.53 bits per heavy atom. The Bertz CT molecular complexity index is 291. The average molecular weight is 242 g/mol. The van der Waals surface area contributed by atoms with Gasteiger partial charge in [-0.15, -0.1) is 0 Å². The minimum Gasteiger partial charge on any atom is -0.480 e. The van der Waals surface area contributed by atoms with Gasteiger partial charge in [0.1, 0.15) is 6.04 Å². The molecular formula is C12H22N2O3. The molecule has 0 aromatic carbocycles. The van der Waals surface area contributed by atoms with Gasteiger partial charge in [0.15, 0.2) is 0 Å². The van der Waals surface area contributed by atoms with Crippen molar-refractivity contribution >= 4 is 12.0 Å². The molecule has 1 heterocycles. The second-order valence-electron chi connectivity index (χ2n) is 4.99. The molecule has 1 saturated heterocycles. The average Bonchev–Trinajstić information content (AvgIpc) is 2.74. The molecule has 1 aliphatic heterocycles. The van der Waals surface area contributed by atoms with Crippen LogP contribution in [-0.2, 0) is 4.79 Å². The topological polar surface area (TPSA) is 69.6 Å². The number of urea groups is 1. The maximum absolute atomic E-state index is 11.8. The third kappa shape index (κ3) is 3.61. The number of likely N-dealkylation sites (tertiary alicyclic amines) is 1. The SMILES string of the molecule is CC[C@H](NC(=O)N1CCC(C(C)C)C1)C(=O)O. The Morgan fingerprint density at radius 1 is 1.47 bits per heavy atom. The number of nitrogens with zero attached hydrogens (tertiary/aromatic N) is 1. The summed E-state index contributed by atoms with van der Waals surface area (Å²) < 4.78 is 0. The summed E-state index contributed by atoms with van der Waals surface area (Å²) in [4.78, 5) is 24.4. The summed E-state index contributed by atoms with van der Waals surface area (Å²) >= 11 is 0. The quantitative estimate of drug-likeness (QED) is 0.785. The van der Waals surface area contributed by atoms with Gasteiger partial charge in [0, 0.05) is 13.1 Å². The van der Waals surface area contributed by atoms with Gasteiger partial charge in [-0.05, 0) is 24.7 Å². The van der Waals surface area contributed by atoms with Gasteiger partial charge >= 0.3 is 12.0 Å². The maximum Gasteiger partial charge on any atom is 0.326 e. The number of carbonyl (C=O) groups excluding carboxylic acids is 1. The Kier molecular flexibility index (Phi) is 4.78. The molecule has 2 atom stereocenters. The van der Waals surface area contributed by atoms with Crippen molar-refractivity contribution in [1.29, 1.82) is 0 Å². The van der Waals surface area contributed by atoms with Gasteiger partial charge in [0.05, 0.1) is 0 Å². The van der Waals surface area contributed by atoms with Crippen LogP contribution >= 0.6 is 0 Å². The number of carboxylic acid groups (broad SMARTS) is 1. The zero-order chi connectivity index (χ0) is 13.0. The predicted molar refractivity (Wildman–Crippen MR) is 64.8 cm³/mol. The molecule has 1 unspecified atom stereocenters. The molecule has 2 N–H and O–H groups in total. The van der Waals surface area contributed by atoms with Crippen molar-refractivity contribution in [2.24, 2.45) is 11.8 Å². The predicted octanol–water partition coefficient (Wildman–Crippen LogP) is 1.54. The van der Waals surface area contributed by atoms with Crippen LogP contribution in [0.5, 0.6) is 0 Å². The first-order valence-electron chi connectivity index (χ1n) is 6.24. The first-order valence-corrected chi connectivity index (χ1v) is 6.24. The molecule has 2 amide bonds. The fourth-order valence-corrected chi connectivity index (χ4v) is 2.09. The van der Waals surface area contributed by atoms with Gasteiger partial charge in [-0.25, -0.2) is 9.59 Å². The van der Waals surface area contributed by atoms with Crippen molar-refractivity contribution in [2.45, 2.75) is 39.7 Å². The van der Waals surface area contributed by atoms with Gasteiger partial charge in [-0.3, -0.25) is 0 Å². The highest BCUT2D eigenvalue weighted by atomic mass is 16.4. The molecule has 0 aliphatic carbocycles. The Labute approximate surface area is 102 Å². The standard InChI is InChI=1S/C12H22N2O3/c1-4-10(11(15)16)13-12(17)14-6-5-9(7-14)8(2)3/h8-10H,4-7H2,1-3H3,(H,13,17)(H,15,16)/t9?,10-/m0/s1. The van der Waals surface area contributed by atoms with Crippen molar-refractivity contribution in [3.63, 3.8) is 0 Å². The van der Waals surface area contributed by atoms with Crippen LogP contribution in [0.2, 0.25) is 0 Å². The van der Waals surface area contributed by atoms with Crippen LogP contribution in [0.15, 0.2) is 0 Å². The molecule has 0 radical (unpaired) electrons. The third-order valence-corrected chi connectivity index (χ3v) is 3.46. The van der Waals surface area contributed by atoms with Crippen LogP contribution in [0.3, 0.4) is 0 Å². The van der Waals surface area contributed by atoms with Crippen LogP contribution in [0.25, 0.3) is 0 Å². The van der Waals surface area contributed by atoms with Crippen molar-refractivity contribution in [1.82, 2.24) is 10.2 Å². The molecule has 17 heavy (non-hydrogen) atoms. The van der Waals surface area contributed by atoms with Crippen molar-refractivity contribution in [3.05, 3.63) is 0 Å². The molecular weight excluding hydrogens is 220 g/mol. The van der Waals surface area contributed by atoms with E-state index in [4.69, 9.17) is 5.11 Å². The molecule has 0 spiro atoms. The number of carbonyl (C=O) groups is 2. The van der Waals surface area contributed by atoms with Gasteiger partial charge in [0.25, 0.3) is 0 Å². The maximum atomic E-state index is 11.8. The summed E-state index contributed by atoms with van der Waals surface area (Å²) in [5, 5.41) is 11.4. The molecule has 1 fully saturated rings. The Morgan fingerprint density at radius 2 is 2.12 bits per heavy atom. The van der Waals surface area contributed by atoms with Crippen LogP contribution in [0.4, 0.5) is 4.79 Å². The molecule has 1 rings (SSSR count). The van der Waals surface area contributed by atoms with Crippen LogP contribution < -0.4 is 5.32 Å². The first kappa shape index (κ1) is 13.8. The van der Waals surface area contributed by atoms with Crippen molar-refractivity contribution in [3.8, 4) is 0 Å². The number of carboxylic acids is 1. The summed E-state index contributed by atoms with van der Waals surface area (Å²) in [5.41, 5.74) is 0. The summed E-state index contributed by atoms with van der Waals surface area (Å²) in [5.74, 6) is 0.125. The van der Waals surface area contributed by atoms with Crippen LogP contribution in [0, 0.1) is 11.8 Å². The highest BCUT2D eigenvalue weighted by Crippen LogP contribution is 2.23. The molecule has 98 valence electrons. The lowest BCUT2D eigenvalue weighted by atomic mass is 9.95. The van der Waals surface area contributed by atoms with Gasteiger partial charge in [-0.2, -0.15) is 0 Å². The van der Waals surface area contributed by atoms with E-state index >= 15 is 0 Å². The normalized spacial score (nSPS) is 21.6. The van der Waals surface area contributed by atoms with Crippen molar-refractivity contribution < 1.29 is 14.7 Å². The molecule has 5 nitrogen and oxygen atoms in total. The summed E-state index contributed by atoms with van der Waals surface area (Å²) in [6.07, 6.45) is 1.41. The molecule has 5 heteroatoms. The molecule has 0 bridgehead atoms. The number of rotatable bonds is 4. The second kappa shape index (κ2) is 5.89. The molecule has 0 aromatic heterocycles. The van der Waals surface area contributed by atoms with E-state index in [2.05, 4.69) is 19.2 Å². The van der Waals surface area contributed by atoms with E-state index in [1.165, 1.54) is 0 Å². The Hall–Kier alpha value is -1.26. The van der Waals surface area contributed by atoms with Crippen molar-refractivity contribution in [2.75, 3.05) is 13.1 Å². The minimum absolute atomic E-state index is 0.248. The molecule has 0 saturated carbocycles. The zero-order valence-electron chi connectivity index (χ0n) is 10.8. The van der Waals surface area contributed by atoms with E-state index in [1.54, 1.807) is 11.8 Å². The number of aliphatic carboxylic acids is 1. The fourth-order valence-electron chi connectivity index (χ4n) is 2.09. The Balaban J connectivity index is 2.47. The van der Waals surface area contributed by atoms with E-state index in [1.807, 2.05) is 0 Å². The van der Waals surface area contributed by atoms with Crippen LogP contribution in [-0.4, -0.2) is 41.1 Å². The van der Waals surface area contributed by atoms with Gasteiger partial charge in [0.2, 0.25) is 0 Å². The van der Waals surface area contributed by atoms with E-state index in [9.17, 15) is 9.59 Å². The lowest BCUT2D eigenvalue weighted by Crippen LogP contribution is -2.47. The summed E-state index contributed by atoms with van der Waals surface area (Å²) in [7, 11) is 0. The first-order chi connectivity index (χ1) is 7.95. The summed E-state index contributed by atoms with van der Waals surface area (Å²) in [6.45, 7) is 7.51. The lowest BCUT2D eigenvalue weighted by molar-refractivity contribution is -0.139. The second-order valence-corrected chi connectivity index (χ2v) is 4.99. The highest BCUT2D eigenvalue weighted by Gasteiger charge is 2.29. The monoisotopic (exact) mass is 242 g/mol. The number of hydrogen-bond acceptors (Lipinski definition) is 2. The van der Waals surface area contributed by atoms with E-state index in [0.717, 1.165) is 19.5 Å². The van der Waals surface area contributed by atoms with E-state index < -0.39 is 12.0 Å². The number of hydrogen-bond donors (Lipinski definition) is 2. The number of nitrogens with one attached hydrogen (secondary N) is 1. The third-order valence-electron chi connectivity index (χ3n) is 3.46. The molecule has 0 aromatic rings. The van der Waals surface area contributed by atoms with E-state index in [0.29, 0.717) is 18.3 Å². The molecule has 1 aliphatic rings. The largest absolute Gasteiger partial charge is 0.480 e. The van der Waals surface area contributed by atoms with Crippen LogP contribution in [0.1, 0.15) is 33.6 Å². The zero-order valence-corrected chi connectivity index (χ0v) is 10.8. The highest BCUT2D eigenvalue weighted by molar-refractivity contribution is 5.82. The lowest BCUT2D eigenvalue weighted by Gasteiger charge is -2.21. The van der Waals surface area contributed by atoms with Gasteiger partial charge in [-0.1, -0.05) is 20.8 Å².